The van der Waals surface area contributed by atoms with Gasteiger partial charge in [-0.1, -0.05) is 37.3 Å². The van der Waals surface area contributed by atoms with Crippen LogP contribution in [0.3, 0.4) is 0 Å². The zero-order valence-electron chi connectivity index (χ0n) is 14.1. The smallest absolute Gasteiger partial charge is 0.230 e. The summed E-state index contributed by atoms with van der Waals surface area (Å²) >= 11 is 2.69. The van der Waals surface area contributed by atoms with Crippen LogP contribution >= 0.6 is 22.7 Å². The van der Waals surface area contributed by atoms with Gasteiger partial charge in [0.15, 0.2) is 10.3 Å². The number of amides is 2. The van der Waals surface area contributed by atoms with E-state index in [2.05, 4.69) is 20.6 Å². The molecular formula is C18H18N4O2S2. The first-order valence-electron chi connectivity index (χ1n) is 8.08. The number of aromatic nitrogens is 2. The minimum Gasteiger partial charge on any atom is -0.302 e. The number of thiazole rings is 2. The van der Waals surface area contributed by atoms with Crippen molar-refractivity contribution in [2.75, 3.05) is 10.6 Å². The van der Waals surface area contributed by atoms with Crippen molar-refractivity contribution in [3.05, 3.63) is 59.0 Å². The molecular weight excluding hydrogens is 368 g/mol. The molecule has 0 bridgehead atoms. The predicted molar refractivity (Wildman–Crippen MR) is 104 cm³/mol. The van der Waals surface area contributed by atoms with Gasteiger partial charge in [-0.05, 0) is 11.5 Å². The maximum atomic E-state index is 12.8. The summed E-state index contributed by atoms with van der Waals surface area (Å²) in [7, 11) is 0. The summed E-state index contributed by atoms with van der Waals surface area (Å²) in [6.07, 6.45) is 3.32. The molecule has 1 aromatic carbocycles. The molecule has 0 radical (unpaired) electrons. The maximum absolute atomic E-state index is 12.8. The SMILES string of the molecule is C[C@@H](c1ccccc1)[C@H](CC(=O)Nc1nccs1)C(=O)Nc1nccs1. The number of nitrogens with one attached hydrogen (secondary N) is 2. The second-order valence-corrected chi connectivity index (χ2v) is 7.51. The Hall–Kier alpha value is -2.58. The molecule has 26 heavy (non-hydrogen) atoms. The van der Waals surface area contributed by atoms with Crippen molar-refractivity contribution < 1.29 is 9.59 Å². The Morgan fingerprint density at radius 1 is 1.00 bits per heavy atom. The number of anilines is 2. The summed E-state index contributed by atoms with van der Waals surface area (Å²) in [6, 6.07) is 9.71. The highest BCUT2D eigenvalue weighted by atomic mass is 32.1. The predicted octanol–water partition coefficient (Wildman–Crippen LogP) is 3.99. The lowest BCUT2D eigenvalue weighted by Gasteiger charge is -2.22. The van der Waals surface area contributed by atoms with Gasteiger partial charge in [-0.15, -0.1) is 22.7 Å². The highest BCUT2D eigenvalue weighted by Gasteiger charge is 2.29. The number of carbonyl (C=O) groups excluding carboxylic acids is 2. The van der Waals surface area contributed by atoms with Gasteiger partial charge in [0.1, 0.15) is 0 Å². The van der Waals surface area contributed by atoms with Crippen LogP contribution in [0, 0.1) is 5.92 Å². The monoisotopic (exact) mass is 386 g/mol. The van der Waals surface area contributed by atoms with Crippen LogP contribution in [0.25, 0.3) is 0 Å². The van der Waals surface area contributed by atoms with Crippen molar-refractivity contribution in [3.8, 4) is 0 Å². The quantitative estimate of drug-likeness (QED) is 0.643. The first-order valence-corrected chi connectivity index (χ1v) is 9.84. The van der Waals surface area contributed by atoms with E-state index in [4.69, 9.17) is 0 Å². The van der Waals surface area contributed by atoms with Crippen molar-refractivity contribution in [2.45, 2.75) is 19.3 Å². The minimum absolute atomic E-state index is 0.0624. The molecule has 2 heterocycles. The van der Waals surface area contributed by atoms with Crippen LogP contribution in [0.4, 0.5) is 10.3 Å². The van der Waals surface area contributed by atoms with Crippen molar-refractivity contribution >= 4 is 44.8 Å². The minimum atomic E-state index is -0.527. The van der Waals surface area contributed by atoms with E-state index < -0.39 is 5.92 Å². The van der Waals surface area contributed by atoms with Crippen LogP contribution in [0.1, 0.15) is 24.8 Å². The van der Waals surface area contributed by atoms with Gasteiger partial charge < -0.3 is 10.6 Å². The van der Waals surface area contributed by atoms with E-state index in [0.29, 0.717) is 10.3 Å². The van der Waals surface area contributed by atoms with Crippen molar-refractivity contribution in [3.63, 3.8) is 0 Å². The van der Waals surface area contributed by atoms with E-state index in [1.165, 1.54) is 22.7 Å². The molecule has 8 heteroatoms. The summed E-state index contributed by atoms with van der Waals surface area (Å²) in [5, 5.41) is 10.2. The number of carbonyl (C=O) groups is 2. The first kappa shape index (κ1) is 18.2. The summed E-state index contributed by atoms with van der Waals surface area (Å²) in [6.45, 7) is 1.96. The number of hydrogen-bond donors (Lipinski definition) is 2. The van der Waals surface area contributed by atoms with Gasteiger partial charge >= 0.3 is 0 Å². The lowest BCUT2D eigenvalue weighted by atomic mass is 9.84. The van der Waals surface area contributed by atoms with Crippen molar-refractivity contribution in [1.29, 1.82) is 0 Å². The largest absolute Gasteiger partial charge is 0.302 e. The molecule has 0 saturated carbocycles. The molecule has 0 saturated heterocycles. The molecule has 0 aliphatic rings. The van der Waals surface area contributed by atoms with E-state index >= 15 is 0 Å². The van der Waals surface area contributed by atoms with E-state index in [1.807, 2.05) is 37.3 Å². The molecule has 2 atom stereocenters. The Labute approximate surface area is 159 Å². The molecule has 2 N–H and O–H groups in total. The van der Waals surface area contributed by atoms with Crippen LogP contribution in [0.15, 0.2) is 53.5 Å². The molecule has 3 rings (SSSR count). The third-order valence-corrected chi connectivity index (χ3v) is 5.39. The highest BCUT2D eigenvalue weighted by Crippen LogP contribution is 2.29. The average Bonchev–Trinajstić information content (AvgIpc) is 3.34. The van der Waals surface area contributed by atoms with Crippen molar-refractivity contribution in [1.82, 2.24) is 9.97 Å². The second kappa shape index (κ2) is 8.68. The lowest BCUT2D eigenvalue weighted by Crippen LogP contribution is -2.31. The van der Waals surface area contributed by atoms with E-state index in [1.54, 1.807) is 23.2 Å². The average molecular weight is 387 g/mol. The molecule has 0 spiro atoms. The van der Waals surface area contributed by atoms with E-state index in [0.717, 1.165) is 5.56 Å². The molecule has 0 unspecified atom stereocenters. The fraction of sp³-hybridized carbons (Fsp3) is 0.222. The third-order valence-electron chi connectivity index (χ3n) is 4.01. The number of benzene rings is 1. The fourth-order valence-corrected chi connectivity index (χ4v) is 3.70. The van der Waals surface area contributed by atoms with Crippen LogP contribution in [0.2, 0.25) is 0 Å². The third kappa shape index (κ3) is 4.74. The number of nitrogens with zero attached hydrogens (tertiary/aromatic N) is 2. The molecule has 2 aromatic heterocycles. The highest BCUT2D eigenvalue weighted by molar-refractivity contribution is 7.14. The van der Waals surface area contributed by atoms with Gasteiger partial charge in [-0.25, -0.2) is 9.97 Å². The Morgan fingerprint density at radius 3 is 2.19 bits per heavy atom. The zero-order valence-corrected chi connectivity index (χ0v) is 15.7. The molecule has 6 nitrogen and oxygen atoms in total. The van der Waals surface area contributed by atoms with Crippen LogP contribution in [0.5, 0.6) is 0 Å². The summed E-state index contributed by atoms with van der Waals surface area (Å²) in [5.74, 6) is -1.10. The summed E-state index contributed by atoms with van der Waals surface area (Å²) in [5.41, 5.74) is 1.01. The normalized spacial score (nSPS) is 13.0. The fourth-order valence-electron chi connectivity index (χ4n) is 2.62. The summed E-state index contributed by atoms with van der Waals surface area (Å²) in [4.78, 5) is 33.4. The van der Waals surface area contributed by atoms with E-state index in [9.17, 15) is 9.59 Å². The molecule has 0 fully saturated rings. The number of hydrogen-bond acceptors (Lipinski definition) is 6. The van der Waals surface area contributed by atoms with Crippen LogP contribution in [-0.2, 0) is 9.59 Å². The second-order valence-electron chi connectivity index (χ2n) is 5.72. The lowest BCUT2D eigenvalue weighted by molar-refractivity contribution is -0.125. The maximum Gasteiger partial charge on any atom is 0.230 e. The molecule has 2 amide bonds. The summed E-state index contributed by atoms with van der Waals surface area (Å²) < 4.78 is 0. The first-order chi connectivity index (χ1) is 12.6. The van der Waals surface area contributed by atoms with Crippen molar-refractivity contribution in [2.24, 2.45) is 5.92 Å². The zero-order chi connectivity index (χ0) is 18.4. The Morgan fingerprint density at radius 2 is 1.62 bits per heavy atom. The van der Waals surface area contributed by atoms with Gasteiger partial charge in [-0.2, -0.15) is 0 Å². The number of rotatable bonds is 7. The van der Waals surface area contributed by atoms with E-state index in [-0.39, 0.29) is 24.2 Å². The molecule has 0 aliphatic carbocycles. The topological polar surface area (TPSA) is 84.0 Å². The standard InChI is InChI=1S/C18H18N4O2S2/c1-12(13-5-3-2-4-6-13)14(16(24)22-18-20-8-10-26-18)11-15(23)21-17-19-7-9-25-17/h2-10,12,14H,11H2,1H3,(H,19,21,23)(H,20,22,24)/t12-,14-/m0/s1. The Balaban J connectivity index is 1.76. The van der Waals surface area contributed by atoms with Gasteiger partial charge in [0.05, 0.1) is 5.92 Å². The van der Waals surface area contributed by atoms with Crippen LogP contribution < -0.4 is 10.6 Å². The Kier molecular flexibility index (Phi) is 6.08. The van der Waals surface area contributed by atoms with Gasteiger partial charge in [0, 0.05) is 29.6 Å². The van der Waals surface area contributed by atoms with Gasteiger partial charge in [0.25, 0.3) is 0 Å². The van der Waals surface area contributed by atoms with Gasteiger partial charge in [-0.3, -0.25) is 9.59 Å². The molecule has 134 valence electrons. The molecule has 0 aliphatic heterocycles. The van der Waals surface area contributed by atoms with Crippen LogP contribution in [-0.4, -0.2) is 21.8 Å². The Bertz CT molecular complexity index is 835. The van der Waals surface area contributed by atoms with Gasteiger partial charge in [0.2, 0.25) is 11.8 Å². The molecule has 3 aromatic rings.